The number of likely N-dealkylation sites (tertiary alicyclic amines) is 1. The summed E-state index contributed by atoms with van der Waals surface area (Å²) in [7, 11) is 0. The number of hydrogen-bond donors (Lipinski definition) is 1. The lowest BCUT2D eigenvalue weighted by atomic mass is 10.0. The summed E-state index contributed by atoms with van der Waals surface area (Å²) in [5, 5.41) is 6.21. The maximum Gasteiger partial charge on any atom is 0.418 e. The largest absolute Gasteiger partial charge is 0.418 e. The van der Waals surface area contributed by atoms with Gasteiger partial charge < -0.3 is 14.7 Å². The summed E-state index contributed by atoms with van der Waals surface area (Å²) in [6, 6.07) is 7.78. The Bertz CT molecular complexity index is 984. The van der Waals surface area contributed by atoms with Gasteiger partial charge in [-0.1, -0.05) is 17.3 Å². The fraction of sp³-hybridized carbons (Fsp3) is 0.222. The topological polar surface area (TPSA) is 84.2 Å². The molecule has 1 saturated heterocycles. The molecule has 2 amide bonds. The molecule has 0 saturated carbocycles. The summed E-state index contributed by atoms with van der Waals surface area (Å²) in [6.07, 6.45) is -1.31. The first-order chi connectivity index (χ1) is 13.4. The second kappa shape index (κ2) is 6.95. The number of nitrogens with one attached hydrogen (secondary N) is 1. The first-order valence-electron chi connectivity index (χ1n) is 8.38. The van der Waals surface area contributed by atoms with Crippen LogP contribution in [-0.4, -0.2) is 39.1 Å². The van der Waals surface area contributed by atoms with Crippen molar-refractivity contribution in [3.05, 3.63) is 60.2 Å². The number of amides is 2. The number of alkyl halides is 3. The monoisotopic (exact) mass is 389 g/mol. The van der Waals surface area contributed by atoms with Gasteiger partial charge >= 0.3 is 12.2 Å². The van der Waals surface area contributed by atoms with E-state index in [2.05, 4.69) is 20.4 Å². The predicted octanol–water partition coefficient (Wildman–Crippen LogP) is 3.78. The van der Waals surface area contributed by atoms with Gasteiger partial charge in [0.25, 0.3) is 0 Å². The van der Waals surface area contributed by atoms with Gasteiger partial charge in [0.15, 0.2) is 0 Å². The minimum Gasteiger partial charge on any atom is -0.339 e. The van der Waals surface area contributed by atoms with Gasteiger partial charge in [0.2, 0.25) is 11.7 Å². The molecule has 1 aliphatic rings. The molecule has 0 bridgehead atoms. The number of para-hydroxylation sites is 1. The molecule has 1 N–H and O–H groups in total. The van der Waals surface area contributed by atoms with Gasteiger partial charge in [-0.3, -0.25) is 4.98 Å². The molecule has 0 spiro atoms. The molecule has 2 aromatic heterocycles. The number of benzene rings is 1. The Hall–Kier alpha value is -3.43. The van der Waals surface area contributed by atoms with Gasteiger partial charge in [0, 0.05) is 31.0 Å². The van der Waals surface area contributed by atoms with Crippen LogP contribution in [0.2, 0.25) is 0 Å². The summed E-state index contributed by atoms with van der Waals surface area (Å²) in [6.45, 7) is 0.545. The molecule has 144 valence electrons. The number of pyridine rings is 1. The van der Waals surface area contributed by atoms with E-state index in [1.807, 2.05) is 0 Å². The fourth-order valence-corrected chi connectivity index (χ4v) is 2.85. The Labute approximate surface area is 157 Å². The van der Waals surface area contributed by atoms with Crippen LogP contribution in [0.3, 0.4) is 0 Å². The smallest absolute Gasteiger partial charge is 0.339 e. The van der Waals surface area contributed by atoms with Crippen LogP contribution in [-0.2, 0) is 6.18 Å². The first-order valence-corrected chi connectivity index (χ1v) is 8.38. The van der Waals surface area contributed by atoms with E-state index in [1.54, 1.807) is 24.5 Å². The highest BCUT2D eigenvalue weighted by atomic mass is 19.4. The van der Waals surface area contributed by atoms with Crippen molar-refractivity contribution in [2.45, 2.75) is 12.1 Å². The summed E-state index contributed by atoms with van der Waals surface area (Å²) < 4.78 is 44.3. The van der Waals surface area contributed by atoms with Crippen LogP contribution in [0.15, 0.2) is 53.3 Å². The third-order valence-corrected chi connectivity index (χ3v) is 4.35. The minimum absolute atomic E-state index is 0.165. The molecule has 3 heterocycles. The van der Waals surface area contributed by atoms with Crippen LogP contribution in [0.25, 0.3) is 11.4 Å². The van der Waals surface area contributed by atoms with Gasteiger partial charge in [-0.25, -0.2) is 4.79 Å². The van der Waals surface area contributed by atoms with Crippen LogP contribution >= 0.6 is 0 Å². The van der Waals surface area contributed by atoms with Crippen molar-refractivity contribution in [3.63, 3.8) is 0 Å². The Morgan fingerprint density at radius 3 is 2.68 bits per heavy atom. The summed E-state index contributed by atoms with van der Waals surface area (Å²) in [5.74, 6) is 0.602. The normalized spacial score (nSPS) is 14.6. The minimum atomic E-state index is -4.55. The summed E-state index contributed by atoms with van der Waals surface area (Å²) >= 11 is 0. The van der Waals surface area contributed by atoms with E-state index >= 15 is 0 Å². The number of rotatable bonds is 3. The molecule has 1 fully saturated rings. The van der Waals surface area contributed by atoms with E-state index in [1.165, 1.54) is 23.1 Å². The molecular formula is C18H14F3N5O2. The molecule has 1 aromatic carbocycles. The Morgan fingerprint density at radius 2 is 1.96 bits per heavy atom. The number of nitrogens with zero attached hydrogens (tertiary/aromatic N) is 4. The second-order valence-electron chi connectivity index (χ2n) is 6.27. The van der Waals surface area contributed by atoms with Gasteiger partial charge in [0.1, 0.15) is 0 Å². The number of carbonyl (C=O) groups excluding carboxylic acids is 1. The number of urea groups is 1. The van der Waals surface area contributed by atoms with Crippen LogP contribution in [0.4, 0.5) is 23.7 Å². The zero-order chi connectivity index (χ0) is 19.7. The van der Waals surface area contributed by atoms with Gasteiger partial charge in [0.05, 0.1) is 17.2 Å². The van der Waals surface area contributed by atoms with Crippen molar-refractivity contribution >= 4 is 11.7 Å². The van der Waals surface area contributed by atoms with E-state index in [-0.39, 0.29) is 24.7 Å². The molecule has 0 unspecified atom stereocenters. The molecule has 1 aliphatic heterocycles. The van der Waals surface area contributed by atoms with Gasteiger partial charge in [-0.15, -0.1) is 0 Å². The number of hydrogen-bond acceptors (Lipinski definition) is 5. The van der Waals surface area contributed by atoms with Crippen molar-refractivity contribution in [2.75, 3.05) is 18.4 Å². The molecule has 4 rings (SSSR count). The highest BCUT2D eigenvalue weighted by Gasteiger charge is 2.38. The van der Waals surface area contributed by atoms with E-state index < -0.39 is 17.8 Å². The molecule has 0 radical (unpaired) electrons. The SMILES string of the molecule is O=C(Nc1ccccc1C(F)(F)F)N1CC(c2nc(-c3cccnc3)no2)C1. The number of aromatic nitrogens is 3. The lowest BCUT2D eigenvalue weighted by Crippen LogP contribution is -2.50. The van der Waals surface area contributed by atoms with E-state index in [0.717, 1.165) is 6.07 Å². The second-order valence-corrected chi connectivity index (χ2v) is 6.27. The van der Waals surface area contributed by atoms with Crippen molar-refractivity contribution in [3.8, 4) is 11.4 Å². The van der Waals surface area contributed by atoms with Crippen LogP contribution < -0.4 is 5.32 Å². The summed E-state index contributed by atoms with van der Waals surface area (Å²) in [4.78, 5) is 21.9. The summed E-state index contributed by atoms with van der Waals surface area (Å²) in [5.41, 5.74) is -0.464. The Kier molecular flexibility index (Phi) is 4.46. The molecule has 0 aliphatic carbocycles. The van der Waals surface area contributed by atoms with E-state index in [0.29, 0.717) is 17.3 Å². The predicted molar refractivity (Wildman–Crippen MR) is 92.3 cm³/mol. The molecule has 28 heavy (non-hydrogen) atoms. The van der Waals surface area contributed by atoms with Gasteiger partial charge in [-0.2, -0.15) is 18.2 Å². The number of carbonyl (C=O) groups is 1. The zero-order valence-electron chi connectivity index (χ0n) is 14.3. The lowest BCUT2D eigenvalue weighted by molar-refractivity contribution is -0.136. The molecule has 0 atom stereocenters. The van der Waals surface area contributed by atoms with E-state index in [9.17, 15) is 18.0 Å². The molecular weight excluding hydrogens is 375 g/mol. The van der Waals surface area contributed by atoms with E-state index in [4.69, 9.17) is 4.52 Å². The number of halogens is 3. The standard InChI is InChI=1S/C18H14F3N5O2/c19-18(20,21)13-5-1-2-6-14(13)23-17(27)26-9-12(10-26)16-24-15(25-28-16)11-4-3-7-22-8-11/h1-8,12H,9-10H2,(H,23,27). The van der Waals surface area contributed by atoms with Crippen LogP contribution in [0.5, 0.6) is 0 Å². The van der Waals surface area contributed by atoms with Crippen molar-refractivity contribution in [1.29, 1.82) is 0 Å². The van der Waals surface area contributed by atoms with Crippen molar-refractivity contribution < 1.29 is 22.5 Å². The zero-order valence-corrected chi connectivity index (χ0v) is 14.3. The third kappa shape index (κ3) is 3.53. The highest BCUT2D eigenvalue weighted by Crippen LogP contribution is 2.35. The van der Waals surface area contributed by atoms with Gasteiger partial charge in [-0.05, 0) is 24.3 Å². The average molecular weight is 389 g/mol. The Balaban J connectivity index is 1.39. The van der Waals surface area contributed by atoms with Crippen LogP contribution in [0, 0.1) is 0 Å². The molecule has 3 aromatic rings. The van der Waals surface area contributed by atoms with Crippen LogP contribution in [0.1, 0.15) is 17.4 Å². The highest BCUT2D eigenvalue weighted by molar-refractivity contribution is 5.91. The maximum absolute atomic E-state index is 13.0. The quantitative estimate of drug-likeness (QED) is 0.737. The molecule has 7 nitrogen and oxygen atoms in total. The maximum atomic E-state index is 13.0. The Morgan fingerprint density at radius 1 is 1.18 bits per heavy atom. The fourth-order valence-electron chi connectivity index (χ4n) is 2.85. The van der Waals surface area contributed by atoms with Crippen molar-refractivity contribution in [2.24, 2.45) is 0 Å². The lowest BCUT2D eigenvalue weighted by Gasteiger charge is -2.37. The number of anilines is 1. The van der Waals surface area contributed by atoms with Crippen molar-refractivity contribution in [1.82, 2.24) is 20.0 Å². The third-order valence-electron chi connectivity index (χ3n) is 4.35. The average Bonchev–Trinajstić information content (AvgIpc) is 3.10. The molecule has 10 heteroatoms. The first kappa shape index (κ1) is 18.0.